The molecule has 0 saturated carbocycles. The highest BCUT2D eigenvalue weighted by molar-refractivity contribution is 5.45. The number of para-hydroxylation sites is 1. The zero-order chi connectivity index (χ0) is 13.9. The highest BCUT2D eigenvalue weighted by Gasteiger charge is 2.13. The summed E-state index contributed by atoms with van der Waals surface area (Å²) in [6.45, 7) is -0.0321. The van der Waals surface area contributed by atoms with E-state index in [4.69, 9.17) is 4.74 Å². The number of ether oxygens (including phenoxy) is 1. The van der Waals surface area contributed by atoms with Gasteiger partial charge in [0.1, 0.15) is 11.4 Å². The van der Waals surface area contributed by atoms with E-state index in [1.54, 1.807) is 7.11 Å². The van der Waals surface area contributed by atoms with Crippen molar-refractivity contribution in [2.24, 2.45) is 0 Å². The number of fused-ring (bicyclic) bond motifs is 1. The molecule has 0 saturated heterocycles. The standard InChI is InChI=1S/C16H16N2O2/c1-20-15-7-3-2-6-12(15)10-13-14(11-19)18-9-5-4-8-16(18)17-13/h2-9,19H,10-11H2,1H3. The fourth-order valence-electron chi connectivity index (χ4n) is 2.43. The number of aliphatic hydroxyl groups is 1. The first-order chi connectivity index (χ1) is 9.83. The molecule has 0 aliphatic carbocycles. The lowest BCUT2D eigenvalue weighted by molar-refractivity contribution is 0.274. The van der Waals surface area contributed by atoms with Gasteiger partial charge in [0.2, 0.25) is 0 Å². The summed E-state index contributed by atoms with van der Waals surface area (Å²) in [4.78, 5) is 4.60. The number of nitrogens with zero attached hydrogens (tertiary/aromatic N) is 2. The minimum atomic E-state index is -0.0321. The molecule has 0 radical (unpaired) electrons. The fraction of sp³-hybridized carbons (Fsp3) is 0.188. The Morgan fingerprint density at radius 3 is 2.75 bits per heavy atom. The fourth-order valence-corrected chi connectivity index (χ4v) is 2.43. The Morgan fingerprint density at radius 1 is 1.15 bits per heavy atom. The van der Waals surface area contributed by atoms with Crippen LogP contribution in [0.4, 0.5) is 0 Å². The third kappa shape index (κ3) is 2.14. The van der Waals surface area contributed by atoms with Gasteiger partial charge in [-0.3, -0.25) is 0 Å². The van der Waals surface area contributed by atoms with Crippen molar-refractivity contribution in [2.75, 3.05) is 7.11 Å². The van der Waals surface area contributed by atoms with Crippen molar-refractivity contribution in [3.8, 4) is 5.75 Å². The van der Waals surface area contributed by atoms with Gasteiger partial charge in [-0.25, -0.2) is 4.98 Å². The molecule has 0 unspecified atom stereocenters. The maximum atomic E-state index is 9.62. The van der Waals surface area contributed by atoms with Crippen LogP contribution in [0.25, 0.3) is 5.65 Å². The number of aromatic nitrogens is 2. The van der Waals surface area contributed by atoms with E-state index < -0.39 is 0 Å². The van der Waals surface area contributed by atoms with E-state index in [2.05, 4.69) is 4.98 Å². The Labute approximate surface area is 117 Å². The van der Waals surface area contributed by atoms with E-state index in [-0.39, 0.29) is 6.61 Å². The van der Waals surface area contributed by atoms with Gasteiger partial charge in [0.25, 0.3) is 0 Å². The topological polar surface area (TPSA) is 46.8 Å². The van der Waals surface area contributed by atoms with Crippen LogP contribution < -0.4 is 4.74 Å². The van der Waals surface area contributed by atoms with Gasteiger partial charge < -0.3 is 14.2 Å². The molecule has 3 rings (SSSR count). The smallest absolute Gasteiger partial charge is 0.137 e. The number of benzene rings is 1. The first-order valence-electron chi connectivity index (χ1n) is 6.51. The lowest BCUT2D eigenvalue weighted by Gasteiger charge is -2.07. The van der Waals surface area contributed by atoms with Crippen LogP contribution in [0.2, 0.25) is 0 Å². The van der Waals surface area contributed by atoms with Crippen LogP contribution in [-0.4, -0.2) is 21.6 Å². The quantitative estimate of drug-likeness (QED) is 0.790. The first-order valence-corrected chi connectivity index (χ1v) is 6.51. The largest absolute Gasteiger partial charge is 0.496 e. The number of pyridine rings is 1. The van der Waals surface area contributed by atoms with Crippen LogP contribution in [0.3, 0.4) is 0 Å². The van der Waals surface area contributed by atoms with Crippen LogP contribution >= 0.6 is 0 Å². The summed E-state index contributed by atoms with van der Waals surface area (Å²) in [6, 6.07) is 13.7. The lowest BCUT2D eigenvalue weighted by atomic mass is 10.1. The van der Waals surface area contributed by atoms with Gasteiger partial charge in [-0.2, -0.15) is 0 Å². The molecule has 0 fully saturated rings. The average Bonchev–Trinajstić information content (AvgIpc) is 2.85. The van der Waals surface area contributed by atoms with E-state index >= 15 is 0 Å². The number of hydrogen-bond acceptors (Lipinski definition) is 3. The van der Waals surface area contributed by atoms with Gasteiger partial charge in [-0.15, -0.1) is 0 Å². The minimum Gasteiger partial charge on any atom is -0.496 e. The van der Waals surface area contributed by atoms with E-state index in [1.807, 2.05) is 53.1 Å². The van der Waals surface area contributed by atoms with Gasteiger partial charge in [-0.1, -0.05) is 24.3 Å². The van der Waals surface area contributed by atoms with Crippen LogP contribution in [-0.2, 0) is 13.0 Å². The predicted octanol–water partition coefficient (Wildman–Crippen LogP) is 2.43. The Kier molecular flexibility index (Phi) is 3.39. The number of imidazole rings is 1. The number of rotatable bonds is 4. The molecular formula is C16H16N2O2. The third-order valence-corrected chi connectivity index (χ3v) is 3.41. The van der Waals surface area contributed by atoms with E-state index in [1.165, 1.54) is 0 Å². The molecule has 4 nitrogen and oxygen atoms in total. The third-order valence-electron chi connectivity index (χ3n) is 3.41. The second kappa shape index (κ2) is 5.35. The Bertz CT molecular complexity index is 734. The normalized spacial score (nSPS) is 10.9. The average molecular weight is 268 g/mol. The van der Waals surface area contributed by atoms with Gasteiger partial charge in [0, 0.05) is 18.2 Å². The molecule has 4 heteroatoms. The minimum absolute atomic E-state index is 0.0321. The summed E-state index contributed by atoms with van der Waals surface area (Å²) in [5.41, 5.74) is 3.62. The SMILES string of the molecule is COc1ccccc1Cc1nc2ccccn2c1CO. The summed E-state index contributed by atoms with van der Waals surface area (Å²) < 4.78 is 7.29. The van der Waals surface area contributed by atoms with Crippen molar-refractivity contribution in [3.63, 3.8) is 0 Å². The van der Waals surface area contributed by atoms with Gasteiger partial charge in [-0.05, 0) is 18.2 Å². The highest BCUT2D eigenvalue weighted by Crippen LogP contribution is 2.23. The monoisotopic (exact) mass is 268 g/mol. The summed E-state index contributed by atoms with van der Waals surface area (Å²) in [6.07, 6.45) is 2.56. The lowest BCUT2D eigenvalue weighted by Crippen LogP contribution is -1.99. The van der Waals surface area contributed by atoms with E-state index in [0.717, 1.165) is 28.3 Å². The zero-order valence-electron chi connectivity index (χ0n) is 11.3. The molecule has 20 heavy (non-hydrogen) atoms. The zero-order valence-corrected chi connectivity index (χ0v) is 11.3. The molecule has 102 valence electrons. The highest BCUT2D eigenvalue weighted by atomic mass is 16.5. The van der Waals surface area contributed by atoms with Gasteiger partial charge in [0.15, 0.2) is 0 Å². The number of methoxy groups -OCH3 is 1. The molecule has 1 N–H and O–H groups in total. The molecule has 1 aromatic carbocycles. The molecule has 2 aromatic heterocycles. The number of hydrogen-bond donors (Lipinski definition) is 1. The molecule has 0 bridgehead atoms. The Hall–Kier alpha value is -2.33. The van der Waals surface area contributed by atoms with Crippen LogP contribution in [0, 0.1) is 0 Å². The van der Waals surface area contributed by atoms with Crippen molar-refractivity contribution >= 4 is 5.65 Å². The van der Waals surface area contributed by atoms with Crippen molar-refractivity contribution in [1.82, 2.24) is 9.38 Å². The molecule has 0 aliphatic heterocycles. The summed E-state index contributed by atoms with van der Waals surface area (Å²) in [5.74, 6) is 0.841. The second-order valence-electron chi connectivity index (χ2n) is 4.58. The molecule has 2 heterocycles. The first kappa shape index (κ1) is 12.7. The van der Waals surface area contributed by atoms with E-state index in [0.29, 0.717) is 6.42 Å². The summed E-state index contributed by atoms with van der Waals surface area (Å²) in [7, 11) is 1.66. The molecule has 0 atom stereocenters. The van der Waals surface area contributed by atoms with Crippen molar-refractivity contribution in [2.45, 2.75) is 13.0 Å². The molecule has 0 spiro atoms. The second-order valence-corrected chi connectivity index (χ2v) is 4.58. The van der Waals surface area contributed by atoms with Crippen molar-refractivity contribution in [1.29, 1.82) is 0 Å². The van der Waals surface area contributed by atoms with Gasteiger partial charge >= 0.3 is 0 Å². The van der Waals surface area contributed by atoms with Crippen molar-refractivity contribution < 1.29 is 9.84 Å². The maximum absolute atomic E-state index is 9.62. The summed E-state index contributed by atoms with van der Waals surface area (Å²) >= 11 is 0. The predicted molar refractivity (Wildman–Crippen MR) is 76.9 cm³/mol. The Morgan fingerprint density at radius 2 is 1.95 bits per heavy atom. The van der Waals surface area contributed by atoms with E-state index in [9.17, 15) is 5.11 Å². The molecule has 3 aromatic rings. The van der Waals surface area contributed by atoms with Gasteiger partial charge in [0.05, 0.1) is 25.1 Å². The van der Waals surface area contributed by atoms with Crippen molar-refractivity contribution in [3.05, 3.63) is 65.6 Å². The van der Waals surface area contributed by atoms with Crippen LogP contribution in [0.1, 0.15) is 17.0 Å². The maximum Gasteiger partial charge on any atom is 0.137 e. The Balaban J connectivity index is 2.06. The molecular weight excluding hydrogens is 252 g/mol. The van der Waals surface area contributed by atoms with Crippen LogP contribution in [0.5, 0.6) is 5.75 Å². The number of aliphatic hydroxyl groups excluding tert-OH is 1. The van der Waals surface area contributed by atoms with Crippen LogP contribution in [0.15, 0.2) is 48.7 Å². The molecule has 0 amide bonds. The molecule has 0 aliphatic rings. The summed E-state index contributed by atoms with van der Waals surface area (Å²) in [5, 5.41) is 9.62.